The molecule has 9 heteroatoms. The Balaban J connectivity index is 1.92. The number of carboxylic acid groups (broad SMARTS) is 1. The first-order valence-electron chi connectivity index (χ1n) is 6.79. The molecule has 122 valence electrons. The highest BCUT2D eigenvalue weighted by molar-refractivity contribution is 7.89. The molecule has 0 aliphatic carbocycles. The van der Waals surface area contributed by atoms with Gasteiger partial charge in [-0.3, -0.25) is 0 Å². The minimum Gasteiger partial charge on any atom is -0.477 e. The van der Waals surface area contributed by atoms with Crippen molar-refractivity contribution >= 4 is 16.0 Å². The van der Waals surface area contributed by atoms with E-state index in [4.69, 9.17) is 14.6 Å². The summed E-state index contributed by atoms with van der Waals surface area (Å²) in [5, 5.41) is 8.74. The predicted molar refractivity (Wildman–Crippen MR) is 76.2 cm³/mol. The molecule has 0 spiro atoms. The van der Waals surface area contributed by atoms with E-state index in [0.29, 0.717) is 13.2 Å². The molecule has 1 aromatic heterocycles. The summed E-state index contributed by atoms with van der Waals surface area (Å²) < 4.78 is 37.5. The Morgan fingerprint density at radius 3 is 2.91 bits per heavy atom. The summed E-state index contributed by atoms with van der Waals surface area (Å²) in [5.74, 6) is -1.21. The van der Waals surface area contributed by atoms with Gasteiger partial charge in [-0.05, 0) is 25.5 Å². The molecular formula is C13H18N2O6S. The van der Waals surface area contributed by atoms with E-state index >= 15 is 0 Å². The van der Waals surface area contributed by atoms with E-state index in [9.17, 15) is 13.2 Å². The fourth-order valence-electron chi connectivity index (χ4n) is 1.96. The fraction of sp³-hybridized carbons (Fsp3) is 0.538. The molecule has 0 radical (unpaired) electrons. The molecule has 1 aliphatic heterocycles. The second kappa shape index (κ2) is 7.14. The summed E-state index contributed by atoms with van der Waals surface area (Å²) in [5.41, 5.74) is -0.212. The molecule has 2 rings (SSSR count). The maximum atomic E-state index is 12.1. The lowest BCUT2D eigenvalue weighted by Gasteiger charge is -2.17. The maximum absolute atomic E-state index is 12.1. The van der Waals surface area contributed by atoms with Gasteiger partial charge in [-0.15, -0.1) is 0 Å². The molecule has 1 aromatic rings. The Labute approximate surface area is 128 Å². The lowest BCUT2D eigenvalue weighted by Crippen LogP contribution is -2.37. The molecule has 22 heavy (non-hydrogen) atoms. The van der Waals surface area contributed by atoms with Gasteiger partial charge in [0, 0.05) is 18.8 Å². The molecular weight excluding hydrogens is 312 g/mol. The molecule has 1 fully saturated rings. The molecule has 8 nitrogen and oxygen atoms in total. The van der Waals surface area contributed by atoms with Gasteiger partial charge in [0.1, 0.15) is 10.6 Å². The van der Waals surface area contributed by atoms with Crippen molar-refractivity contribution in [2.24, 2.45) is 0 Å². The summed E-state index contributed by atoms with van der Waals surface area (Å²) in [6, 6.07) is 1.93. The Hall–Kier alpha value is -1.55. The molecule has 1 aliphatic rings. The summed E-state index contributed by atoms with van der Waals surface area (Å²) in [7, 11) is -3.76. The van der Waals surface area contributed by atoms with E-state index in [1.165, 1.54) is 6.07 Å². The van der Waals surface area contributed by atoms with Crippen LogP contribution in [0.15, 0.2) is 23.2 Å². The third-order valence-electron chi connectivity index (χ3n) is 3.09. The van der Waals surface area contributed by atoms with Crippen LogP contribution in [-0.4, -0.2) is 56.4 Å². The highest BCUT2D eigenvalue weighted by atomic mass is 32.2. The molecule has 2 unspecified atom stereocenters. The normalized spacial score (nSPS) is 20.0. The maximum Gasteiger partial charge on any atom is 0.354 e. The largest absolute Gasteiger partial charge is 0.477 e. The van der Waals surface area contributed by atoms with Crippen LogP contribution < -0.4 is 4.72 Å². The van der Waals surface area contributed by atoms with Gasteiger partial charge in [-0.2, -0.15) is 0 Å². The highest BCUT2D eigenvalue weighted by Crippen LogP contribution is 2.11. The number of aromatic carboxylic acids is 1. The van der Waals surface area contributed by atoms with Gasteiger partial charge in [-0.1, -0.05) is 0 Å². The van der Waals surface area contributed by atoms with Crippen LogP contribution in [0.4, 0.5) is 0 Å². The predicted octanol–water partition coefficient (Wildman–Crippen LogP) is 0.252. The van der Waals surface area contributed by atoms with Gasteiger partial charge in [-0.25, -0.2) is 22.9 Å². The zero-order valence-corrected chi connectivity index (χ0v) is 12.9. The van der Waals surface area contributed by atoms with Gasteiger partial charge >= 0.3 is 5.97 Å². The smallest absolute Gasteiger partial charge is 0.354 e. The summed E-state index contributed by atoms with van der Waals surface area (Å²) in [4.78, 5) is 14.2. The number of ether oxygens (including phenoxy) is 2. The Kier molecular flexibility index (Phi) is 5.46. The minimum atomic E-state index is -3.76. The first kappa shape index (κ1) is 16.8. The molecule has 0 saturated carbocycles. The van der Waals surface area contributed by atoms with Crippen LogP contribution in [0.1, 0.15) is 23.8 Å². The zero-order valence-electron chi connectivity index (χ0n) is 12.1. The second-order valence-electron chi connectivity index (χ2n) is 5.03. The highest BCUT2D eigenvalue weighted by Gasteiger charge is 2.21. The van der Waals surface area contributed by atoms with E-state index < -0.39 is 22.0 Å². The van der Waals surface area contributed by atoms with Crippen LogP contribution in [0.5, 0.6) is 0 Å². The average Bonchev–Trinajstić information content (AvgIpc) is 2.98. The van der Waals surface area contributed by atoms with Gasteiger partial charge in [0.15, 0.2) is 0 Å². The van der Waals surface area contributed by atoms with Crippen LogP contribution in [0.3, 0.4) is 0 Å². The Bertz CT molecular complexity index is 610. The fourth-order valence-corrected chi connectivity index (χ4v) is 3.13. The third kappa shape index (κ3) is 4.47. The van der Waals surface area contributed by atoms with Crippen molar-refractivity contribution in [1.29, 1.82) is 0 Å². The van der Waals surface area contributed by atoms with E-state index in [1.54, 1.807) is 6.92 Å². The molecule has 2 N–H and O–H groups in total. The van der Waals surface area contributed by atoms with Crippen molar-refractivity contribution in [3.63, 3.8) is 0 Å². The van der Waals surface area contributed by atoms with Crippen LogP contribution in [0.25, 0.3) is 0 Å². The van der Waals surface area contributed by atoms with Crippen LogP contribution in [-0.2, 0) is 19.5 Å². The van der Waals surface area contributed by atoms with Gasteiger partial charge in [0.25, 0.3) is 0 Å². The van der Waals surface area contributed by atoms with E-state index in [2.05, 4.69) is 9.71 Å². The summed E-state index contributed by atoms with van der Waals surface area (Å²) >= 11 is 0. The first-order chi connectivity index (χ1) is 10.4. The lowest BCUT2D eigenvalue weighted by atomic mass is 10.3. The average molecular weight is 330 g/mol. The van der Waals surface area contributed by atoms with Crippen molar-refractivity contribution in [1.82, 2.24) is 9.71 Å². The Morgan fingerprint density at radius 1 is 1.59 bits per heavy atom. The van der Waals surface area contributed by atoms with Crippen LogP contribution in [0, 0.1) is 0 Å². The van der Waals surface area contributed by atoms with Gasteiger partial charge in [0.05, 0.1) is 19.3 Å². The SMILES string of the molecule is CC(COC1CCOC1)NS(=O)(=O)c1ccc(C(=O)O)nc1. The molecule has 0 bridgehead atoms. The topological polar surface area (TPSA) is 115 Å². The summed E-state index contributed by atoms with van der Waals surface area (Å²) in [6.45, 7) is 3.10. The van der Waals surface area contributed by atoms with Crippen molar-refractivity contribution in [3.05, 3.63) is 24.0 Å². The van der Waals surface area contributed by atoms with Gasteiger partial charge in [0.2, 0.25) is 10.0 Å². The number of hydrogen-bond acceptors (Lipinski definition) is 6. The Morgan fingerprint density at radius 2 is 2.36 bits per heavy atom. The monoisotopic (exact) mass is 330 g/mol. The standard InChI is InChI=1S/C13H18N2O6S/c1-9(7-21-10-4-5-20-8-10)15-22(18,19)11-2-3-12(13(16)17)14-6-11/h2-3,6,9-10,15H,4-5,7-8H2,1H3,(H,16,17). The molecule has 2 heterocycles. The minimum absolute atomic E-state index is 0.00321. The van der Waals surface area contributed by atoms with Crippen LogP contribution in [0.2, 0.25) is 0 Å². The van der Waals surface area contributed by atoms with Gasteiger partial charge < -0.3 is 14.6 Å². The number of pyridine rings is 1. The molecule has 0 aromatic carbocycles. The zero-order chi connectivity index (χ0) is 16.2. The van der Waals surface area contributed by atoms with Crippen LogP contribution >= 0.6 is 0 Å². The quantitative estimate of drug-likeness (QED) is 0.736. The third-order valence-corrected chi connectivity index (χ3v) is 4.67. The van der Waals surface area contributed by atoms with E-state index in [-0.39, 0.29) is 23.3 Å². The molecule has 1 saturated heterocycles. The number of nitrogens with zero attached hydrogens (tertiary/aromatic N) is 1. The number of carboxylic acids is 1. The first-order valence-corrected chi connectivity index (χ1v) is 8.28. The molecule has 0 amide bonds. The van der Waals surface area contributed by atoms with Crippen molar-refractivity contribution in [3.8, 4) is 0 Å². The number of carbonyl (C=O) groups is 1. The lowest BCUT2D eigenvalue weighted by molar-refractivity contribution is 0.0353. The van der Waals surface area contributed by atoms with Crippen molar-refractivity contribution in [2.75, 3.05) is 19.8 Å². The van der Waals surface area contributed by atoms with Crippen molar-refractivity contribution < 1.29 is 27.8 Å². The van der Waals surface area contributed by atoms with E-state index in [0.717, 1.165) is 18.7 Å². The van der Waals surface area contributed by atoms with E-state index in [1.807, 2.05) is 0 Å². The number of nitrogens with one attached hydrogen (secondary N) is 1. The number of hydrogen-bond donors (Lipinski definition) is 2. The van der Waals surface area contributed by atoms with Crippen molar-refractivity contribution in [2.45, 2.75) is 30.4 Å². The molecule has 2 atom stereocenters. The number of aromatic nitrogens is 1. The number of sulfonamides is 1. The number of rotatable bonds is 7. The second-order valence-corrected chi connectivity index (χ2v) is 6.74. The summed E-state index contributed by atoms with van der Waals surface area (Å²) in [6.07, 6.45) is 1.83.